The summed E-state index contributed by atoms with van der Waals surface area (Å²) in [4.78, 5) is 27.8. The lowest BCUT2D eigenvalue weighted by atomic mass is 9.85. The number of nitrogens with one attached hydrogen (secondary N) is 1. The van der Waals surface area contributed by atoms with E-state index in [4.69, 9.17) is 4.74 Å². The van der Waals surface area contributed by atoms with Crippen LogP contribution < -0.4 is 4.57 Å². The summed E-state index contributed by atoms with van der Waals surface area (Å²) in [7, 11) is 1.33. The Morgan fingerprint density at radius 3 is 2.96 bits per heavy atom. The number of aromatic nitrogens is 2. The van der Waals surface area contributed by atoms with Gasteiger partial charge in [0.2, 0.25) is 0 Å². The summed E-state index contributed by atoms with van der Waals surface area (Å²) in [5.41, 5.74) is 4.06. The topological polar surface area (TPSA) is 63.0 Å². The molecule has 1 N–H and O–H groups in total. The van der Waals surface area contributed by atoms with Gasteiger partial charge in [-0.3, -0.25) is 9.59 Å². The Morgan fingerprint density at radius 1 is 1.27 bits per heavy atom. The number of ether oxygens (including phenoxy) is 1. The molecule has 0 radical (unpaired) electrons. The van der Waals surface area contributed by atoms with Crippen LogP contribution in [-0.4, -0.2) is 23.8 Å². The average molecular weight is 349 g/mol. The molecule has 0 aliphatic heterocycles. The molecule has 2 heterocycles. The molecule has 0 bridgehead atoms. The summed E-state index contributed by atoms with van der Waals surface area (Å²) in [6, 6.07) is 12.0. The fourth-order valence-electron chi connectivity index (χ4n) is 3.84. The molecular formula is C21H21N2O3+. The Bertz CT molecular complexity index is 990. The smallest absolute Gasteiger partial charge is 0.316 e. The van der Waals surface area contributed by atoms with Gasteiger partial charge in [-0.15, -0.1) is 0 Å². The van der Waals surface area contributed by atoms with Gasteiger partial charge >= 0.3 is 5.97 Å². The molecule has 132 valence electrons. The Hall–Kier alpha value is -2.95. The molecular weight excluding hydrogens is 328 g/mol. The van der Waals surface area contributed by atoms with Gasteiger partial charge in [-0.05, 0) is 24.1 Å². The SMILES string of the molecule is COC(=O)C1CCc2c(ccc[n+]2CCc2c[nH]c3ccccc23)C1=O. The maximum Gasteiger partial charge on any atom is 0.316 e. The van der Waals surface area contributed by atoms with Crippen LogP contribution in [0.5, 0.6) is 0 Å². The van der Waals surface area contributed by atoms with Crippen molar-refractivity contribution >= 4 is 22.7 Å². The number of fused-ring (bicyclic) bond motifs is 2. The van der Waals surface area contributed by atoms with Gasteiger partial charge in [-0.2, -0.15) is 0 Å². The molecule has 1 atom stereocenters. The first kappa shape index (κ1) is 16.5. The molecule has 3 aromatic rings. The molecule has 0 saturated carbocycles. The Kier molecular flexibility index (Phi) is 4.29. The molecule has 0 amide bonds. The molecule has 0 spiro atoms. The third-order valence-electron chi connectivity index (χ3n) is 5.22. The Labute approximate surface area is 151 Å². The zero-order valence-corrected chi connectivity index (χ0v) is 14.7. The highest BCUT2D eigenvalue weighted by Gasteiger charge is 2.37. The highest BCUT2D eigenvalue weighted by atomic mass is 16.5. The van der Waals surface area contributed by atoms with E-state index < -0.39 is 11.9 Å². The van der Waals surface area contributed by atoms with Crippen LogP contribution in [0.15, 0.2) is 48.8 Å². The number of aryl methyl sites for hydroxylation is 2. The molecule has 4 rings (SSSR count). The van der Waals surface area contributed by atoms with E-state index >= 15 is 0 Å². The van der Waals surface area contributed by atoms with Crippen molar-refractivity contribution < 1.29 is 18.9 Å². The normalized spacial score (nSPS) is 16.5. The summed E-state index contributed by atoms with van der Waals surface area (Å²) < 4.78 is 6.91. The third kappa shape index (κ3) is 2.79. The number of benzene rings is 1. The molecule has 1 aliphatic carbocycles. The summed E-state index contributed by atoms with van der Waals surface area (Å²) in [6.07, 6.45) is 6.16. The van der Waals surface area contributed by atoms with E-state index in [1.807, 2.05) is 30.5 Å². The second kappa shape index (κ2) is 6.75. The standard InChI is InChI=1S/C21H21N2O3/c1-26-21(25)17-8-9-19-16(20(17)24)6-4-11-23(19)12-10-14-13-22-18-7-3-2-5-15(14)18/h2-7,11,13,17,22H,8-10,12H2,1H3/q+1. The number of para-hydroxylation sites is 1. The first-order chi connectivity index (χ1) is 12.7. The van der Waals surface area contributed by atoms with Crippen LogP contribution in [0.1, 0.15) is 28.0 Å². The van der Waals surface area contributed by atoms with Gasteiger partial charge in [0.25, 0.3) is 0 Å². The zero-order chi connectivity index (χ0) is 18.1. The highest BCUT2D eigenvalue weighted by Crippen LogP contribution is 2.24. The lowest BCUT2D eigenvalue weighted by Crippen LogP contribution is -2.44. The number of methoxy groups -OCH3 is 1. The van der Waals surface area contributed by atoms with E-state index in [1.165, 1.54) is 18.1 Å². The number of pyridine rings is 1. The monoisotopic (exact) mass is 349 g/mol. The number of aromatic amines is 1. The summed E-state index contributed by atoms with van der Waals surface area (Å²) >= 11 is 0. The lowest BCUT2D eigenvalue weighted by molar-refractivity contribution is -0.704. The number of esters is 1. The van der Waals surface area contributed by atoms with Crippen molar-refractivity contribution in [3.63, 3.8) is 0 Å². The average Bonchev–Trinajstić information content (AvgIpc) is 3.09. The minimum Gasteiger partial charge on any atom is -0.468 e. The molecule has 5 nitrogen and oxygen atoms in total. The minimum absolute atomic E-state index is 0.125. The van der Waals surface area contributed by atoms with Crippen molar-refractivity contribution in [2.24, 2.45) is 5.92 Å². The lowest BCUT2D eigenvalue weighted by Gasteiger charge is -2.19. The van der Waals surface area contributed by atoms with E-state index in [0.29, 0.717) is 18.4 Å². The minimum atomic E-state index is -0.669. The maximum atomic E-state index is 12.7. The largest absolute Gasteiger partial charge is 0.468 e. The molecule has 1 unspecified atom stereocenters. The van der Waals surface area contributed by atoms with Gasteiger partial charge in [0.15, 0.2) is 24.2 Å². The number of rotatable bonds is 4. The zero-order valence-electron chi connectivity index (χ0n) is 14.7. The van der Waals surface area contributed by atoms with Crippen molar-refractivity contribution in [3.8, 4) is 0 Å². The Balaban J connectivity index is 1.58. The van der Waals surface area contributed by atoms with Crippen LogP contribution in [0.4, 0.5) is 0 Å². The number of H-pyrrole nitrogens is 1. The number of carbonyl (C=O) groups excluding carboxylic acids is 2. The predicted molar refractivity (Wildman–Crippen MR) is 96.8 cm³/mol. The van der Waals surface area contributed by atoms with Crippen molar-refractivity contribution in [2.75, 3.05) is 7.11 Å². The maximum absolute atomic E-state index is 12.7. The predicted octanol–water partition coefficient (Wildman–Crippen LogP) is 2.62. The number of Topliss-reactive ketones (excluding diaryl/α,β-unsaturated/α-hetero) is 1. The van der Waals surface area contributed by atoms with E-state index in [0.717, 1.165) is 24.2 Å². The van der Waals surface area contributed by atoms with Gasteiger partial charge in [0.05, 0.1) is 12.7 Å². The number of hydrogen-bond donors (Lipinski definition) is 1. The first-order valence-electron chi connectivity index (χ1n) is 8.87. The second-order valence-electron chi connectivity index (χ2n) is 6.65. The molecule has 0 fully saturated rings. The molecule has 2 aromatic heterocycles. The van der Waals surface area contributed by atoms with Crippen LogP contribution in [-0.2, 0) is 28.9 Å². The van der Waals surface area contributed by atoms with Gasteiger partial charge in [-0.25, -0.2) is 4.57 Å². The van der Waals surface area contributed by atoms with E-state index in [9.17, 15) is 9.59 Å². The number of carbonyl (C=O) groups is 2. The van der Waals surface area contributed by atoms with Gasteiger partial charge in [0, 0.05) is 36.0 Å². The number of hydrogen-bond acceptors (Lipinski definition) is 3. The van der Waals surface area contributed by atoms with Gasteiger partial charge in [-0.1, -0.05) is 18.2 Å². The Morgan fingerprint density at radius 2 is 2.12 bits per heavy atom. The van der Waals surface area contributed by atoms with Gasteiger partial charge < -0.3 is 9.72 Å². The molecule has 5 heteroatoms. The highest BCUT2D eigenvalue weighted by molar-refractivity contribution is 6.09. The van der Waals surface area contributed by atoms with Crippen molar-refractivity contribution in [2.45, 2.75) is 25.8 Å². The third-order valence-corrected chi connectivity index (χ3v) is 5.22. The van der Waals surface area contributed by atoms with Crippen molar-refractivity contribution in [1.29, 1.82) is 0 Å². The number of ketones is 1. The van der Waals surface area contributed by atoms with Crippen molar-refractivity contribution in [1.82, 2.24) is 4.98 Å². The van der Waals surface area contributed by atoms with Crippen LogP contribution in [0, 0.1) is 5.92 Å². The number of nitrogens with zero attached hydrogens (tertiary/aromatic N) is 1. The molecule has 0 saturated heterocycles. The van der Waals surface area contributed by atoms with Crippen LogP contribution in [0.3, 0.4) is 0 Å². The summed E-state index contributed by atoms with van der Waals surface area (Å²) in [5.74, 6) is -1.23. The first-order valence-corrected chi connectivity index (χ1v) is 8.87. The molecule has 1 aliphatic rings. The second-order valence-corrected chi connectivity index (χ2v) is 6.65. The van der Waals surface area contributed by atoms with Crippen LogP contribution in [0.25, 0.3) is 10.9 Å². The summed E-state index contributed by atoms with van der Waals surface area (Å²) in [5, 5.41) is 1.24. The van der Waals surface area contributed by atoms with E-state index in [1.54, 1.807) is 0 Å². The summed E-state index contributed by atoms with van der Waals surface area (Å²) in [6.45, 7) is 0.793. The van der Waals surface area contributed by atoms with Crippen LogP contribution in [0.2, 0.25) is 0 Å². The van der Waals surface area contributed by atoms with Crippen LogP contribution >= 0.6 is 0 Å². The fourth-order valence-corrected chi connectivity index (χ4v) is 3.84. The van der Waals surface area contributed by atoms with E-state index in [2.05, 4.69) is 27.9 Å². The van der Waals surface area contributed by atoms with Crippen molar-refractivity contribution in [3.05, 3.63) is 65.6 Å². The quantitative estimate of drug-likeness (QED) is 0.447. The molecule has 1 aromatic carbocycles. The van der Waals surface area contributed by atoms with E-state index in [-0.39, 0.29) is 5.78 Å². The van der Waals surface area contributed by atoms with Gasteiger partial charge in [0.1, 0.15) is 5.92 Å². The fraction of sp³-hybridized carbons (Fsp3) is 0.286. The molecule has 26 heavy (non-hydrogen) atoms.